The van der Waals surface area contributed by atoms with E-state index in [0.717, 1.165) is 0 Å². The van der Waals surface area contributed by atoms with Crippen LogP contribution in [0.2, 0.25) is 0 Å². The van der Waals surface area contributed by atoms with E-state index in [1.807, 2.05) is 0 Å². The van der Waals surface area contributed by atoms with Crippen molar-refractivity contribution in [3.63, 3.8) is 0 Å². The lowest BCUT2D eigenvalue weighted by molar-refractivity contribution is 0.213. The van der Waals surface area contributed by atoms with Gasteiger partial charge in [-0.25, -0.2) is 0 Å². The molecule has 2 aliphatic rings. The molecule has 0 aromatic rings. The van der Waals surface area contributed by atoms with Gasteiger partial charge in [-0.1, -0.05) is 19.3 Å². The quantitative estimate of drug-likeness (QED) is 0.635. The second-order valence-corrected chi connectivity index (χ2v) is 3.86. The Kier molecular flexibility index (Phi) is 3.01. The predicted octanol–water partition coefficient (Wildman–Crippen LogP) is 1.39. The number of nitrogens with one attached hydrogen (secondary N) is 1. The first-order valence-corrected chi connectivity index (χ1v) is 5.27. The summed E-state index contributed by atoms with van der Waals surface area (Å²) in [6, 6.07) is 1.74. The maximum atomic E-state index is 3.40. The Labute approximate surface area is 75.3 Å². The van der Waals surface area contributed by atoms with Gasteiger partial charge in [0.15, 0.2) is 0 Å². The van der Waals surface area contributed by atoms with Crippen LogP contribution in [-0.4, -0.2) is 31.1 Å². The van der Waals surface area contributed by atoms with Gasteiger partial charge in [-0.15, -0.1) is 0 Å². The van der Waals surface area contributed by atoms with Crippen LogP contribution >= 0.6 is 0 Å². The molecule has 0 amide bonds. The lowest BCUT2D eigenvalue weighted by atomic mass is 9.94. The molecule has 2 rings (SSSR count). The lowest BCUT2D eigenvalue weighted by Crippen LogP contribution is -2.45. The lowest BCUT2D eigenvalue weighted by Gasteiger charge is -2.36. The SMILES string of the molecule is C1CC[C](N2CCNCC2)CC1. The van der Waals surface area contributed by atoms with E-state index >= 15 is 0 Å². The van der Waals surface area contributed by atoms with Crippen LogP contribution in [0.5, 0.6) is 0 Å². The van der Waals surface area contributed by atoms with Gasteiger partial charge in [0.05, 0.1) is 0 Å². The average molecular weight is 167 g/mol. The molecule has 1 saturated carbocycles. The molecule has 1 N–H and O–H groups in total. The summed E-state index contributed by atoms with van der Waals surface area (Å²) in [6.07, 6.45) is 7.06. The van der Waals surface area contributed by atoms with Crippen molar-refractivity contribution in [3.05, 3.63) is 6.04 Å². The van der Waals surface area contributed by atoms with Crippen LogP contribution in [0, 0.1) is 6.04 Å². The van der Waals surface area contributed by atoms with Gasteiger partial charge in [0.2, 0.25) is 0 Å². The molecule has 12 heavy (non-hydrogen) atoms. The predicted molar refractivity (Wildman–Crippen MR) is 50.8 cm³/mol. The number of piperazine rings is 1. The maximum Gasteiger partial charge on any atom is 0.0394 e. The van der Waals surface area contributed by atoms with Crippen LogP contribution < -0.4 is 5.32 Å². The highest BCUT2D eigenvalue weighted by atomic mass is 15.2. The highest BCUT2D eigenvalue weighted by Gasteiger charge is 2.22. The zero-order chi connectivity index (χ0) is 8.23. The van der Waals surface area contributed by atoms with Crippen molar-refractivity contribution < 1.29 is 0 Å². The Morgan fingerprint density at radius 3 is 2.25 bits per heavy atom. The van der Waals surface area contributed by atoms with Crippen molar-refractivity contribution >= 4 is 0 Å². The summed E-state index contributed by atoms with van der Waals surface area (Å²) in [6.45, 7) is 4.86. The molecule has 0 bridgehead atoms. The van der Waals surface area contributed by atoms with E-state index in [4.69, 9.17) is 0 Å². The van der Waals surface area contributed by atoms with Crippen LogP contribution in [-0.2, 0) is 0 Å². The van der Waals surface area contributed by atoms with Crippen molar-refractivity contribution in [3.8, 4) is 0 Å². The summed E-state index contributed by atoms with van der Waals surface area (Å²) >= 11 is 0. The Hall–Kier alpha value is -0.0800. The smallest absolute Gasteiger partial charge is 0.0394 e. The van der Waals surface area contributed by atoms with E-state index in [2.05, 4.69) is 10.2 Å². The molecule has 1 radical (unpaired) electrons. The third-order valence-electron chi connectivity index (χ3n) is 2.99. The topological polar surface area (TPSA) is 15.3 Å². The monoisotopic (exact) mass is 167 g/mol. The first-order valence-electron chi connectivity index (χ1n) is 5.27. The molecule has 2 nitrogen and oxygen atoms in total. The Balaban J connectivity index is 1.80. The summed E-state index contributed by atoms with van der Waals surface area (Å²) in [5, 5.41) is 3.40. The summed E-state index contributed by atoms with van der Waals surface area (Å²) in [5.41, 5.74) is 0. The number of hydrogen-bond donors (Lipinski definition) is 1. The zero-order valence-corrected chi connectivity index (χ0v) is 7.81. The summed E-state index contributed by atoms with van der Waals surface area (Å²) in [4.78, 5) is 2.61. The van der Waals surface area contributed by atoms with Gasteiger partial charge in [-0.2, -0.15) is 0 Å². The highest BCUT2D eigenvalue weighted by Crippen LogP contribution is 2.28. The Morgan fingerprint density at radius 2 is 1.58 bits per heavy atom. The molecular weight excluding hydrogens is 148 g/mol. The van der Waals surface area contributed by atoms with Crippen molar-refractivity contribution in [1.29, 1.82) is 0 Å². The molecule has 0 atom stereocenters. The van der Waals surface area contributed by atoms with Crippen LogP contribution in [0.1, 0.15) is 32.1 Å². The molecule has 69 valence electrons. The minimum Gasteiger partial charge on any atom is -0.314 e. The van der Waals surface area contributed by atoms with Gasteiger partial charge in [-0.3, -0.25) is 4.90 Å². The van der Waals surface area contributed by atoms with Gasteiger partial charge in [0.1, 0.15) is 0 Å². The van der Waals surface area contributed by atoms with E-state index in [1.165, 1.54) is 58.3 Å². The fourth-order valence-corrected chi connectivity index (χ4v) is 2.26. The normalized spacial score (nSPS) is 29.0. The Morgan fingerprint density at radius 1 is 0.917 bits per heavy atom. The number of nitrogens with zero attached hydrogens (tertiary/aromatic N) is 1. The van der Waals surface area contributed by atoms with E-state index in [9.17, 15) is 0 Å². The zero-order valence-electron chi connectivity index (χ0n) is 7.81. The van der Waals surface area contributed by atoms with Crippen LogP contribution in [0.15, 0.2) is 0 Å². The molecule has 0 spiro atoms. The first-order chi connectivity index (χ1) is 5.97. The second kappa shape index (κ2) is 4.24. The van der Waals surface area contributed by atoms with E-state index < -0.39 is 0 Å². The summed E-state index contributed by atoms with van der Waals surface area (Å²) in [5.74, 6) is 0. The Bertz CT molecular complexity index is 108. The van der Waals surface area contributed by atoms with Gasteiger partial charge in [0.25, 0.3) is 0 Å². The molecule has 2 fully saturated rings. The van der Waals surface area contributed by atoms with Crippen LogP contribution in [0.25, 0.3) is 0 Å². The molecule has 0 unspecified atom stereocenters. The van der Waals surface area contributed by atoms with Gasteiger partial charge >= 0.3 is 0 Å². The van der Waals surface area contributed by atoms with Gasteiger partial charge in [0, 0.05) is 32.2 Å². The highest BCUT2D eigenvalue weighted by molar-refractivity contribution is 4.93. The van der Waals surface area contributed by atoms with E-state index in [1.54, 1.807) is 6.04 Å². The molecule has 1 heterocycles. The summed E-state index contributed by atoms with van der Waals surface area (Å²) < 4.78 is 0. The molecule has 1 aliphatic heterocycles. The molecule has 0 aromatic heterocycles. The molecule has 1 aliphatic carbocycles. The van der Waals surface area contributed by atoms with Crippen molar-refractivity contribution in [2.24, 2.45) is 0 Å². The molecule has 0 aromatic carbocycles. The third kappa shape index (κ3) is 1.99. The van der Waals surface area contributed by atoms with Crippen LogP contribution in [0.3, 0.4) is 0 Å². The minimum atomic E-state index is 1.18. The standard InChI is InChI=1S/C10H19N2/c1-2-4-10(5-3-1)12-8-6-11-7-9-12/h11H,1-9H2. The van der Waals surface area contributed by atoms with Crippen molar-refractivity contribution in [2.75, 3.05) is 26.2 Å². The number of hydrogen-bond acceptors (Lipinski definition) is 2. The number of rotatable bonds is 1. The largest absolute Gasteiger partial charge is 0.314 e. The fourth-order valence-electron chi connectivity index (χ4n) is 2.26. The van der Waals surface area contributed by atoms with Gasteiger partial charge in [-0.05, 0) is 12.8 Å². The molecular formula is C10H19N2. The van der Waals surface area contributed by atoms with Crippen molar-refractivity contribution in [2.45, 2.75) is 32.1 Å². The van der Waals surface area contributed by atoms with Gasteiger partial charge < -0.3 is 5.32 Å². The first kappa shape index (κ1) is 8.52. The van der Waals surface area contributed by atoms with Crippen molar-refractivity contribution in [1.82, 2.24) is 10.2 Å². The summed E-state index contributed by atoms with van der Waals surface area (Å²) in [7, 11) is 0. The van der Waals surface area contributed by atoms with E-state index in [0.29, 0.717) is 0 Å². The van der Waals surface area contributed by atoms with Crippen LogP contribution in [0.4, 0.5) is 0 Å². The second-order valence-electron chi connectivity index (χ2n) is 3.86. The maximum absolute atomic E-state index is 3.40. The fraction of sp³-hybridized carbons (Fsp3) is 0.900. The average Bonchev–Trinajstić information content (AvgIpc) is 2.21. The third-order valence-corrected chi connectivity index (χ3v) is 2.99. The molecule has 1 saturated heterocycles. The molecule has 2 heteroatoms. The van der Waals surface area contributed by atoms with E-state index in [-0.39, 0.29) is 0 Å². The minimum absolute atomic E-state index is 1.18.